The molecule has 0 aromatic heterocycles. The van der Waals surface area contributed by atoms with E-state index in [4.69, 9.17) is 0 Å². The van der Waals surface area contributed by atoms with Gasteiger partial charge < -0.3 is 9.47 Å². The minimum Gasteiger partial charge on any atom is -0.466 e. The number of esters is 2. The van der Waals surface area contributed by atoms with Crippen LogP contribution in [0.1, 0.15) is 33.6 Å². The Morgan fingerprint density at radius 3 is 2.06 bits per heavy atom. The van der Waals surface area contributed by atoms with Crippen molar-refractivity contribution in [2.45, 2.75) is 39.3 Å². The van der Waals surface area contributed by atoms with Gasteiger partial charge in [-0.15, -0.1) is 0 Å². The molecule has 17 heavy (non-hydrogen) atoms. The first-order valence-corrected chi connectivity index (χ1v) is 5.41. The van der Waals surface area contributed by atoms with Crippen LogP contribution in [0.15, 0.2) is 0 Å². The topological polar surface area (TPSA) is 69.7 Å². The lowest BCUT2D eigenvalue weighted by molar-refractivity contribution is -0.163. The molecule has 0 rings (SSSR count). The molecule has 98 valence electrons. The van der Waals surface area contributed by atoms with Gasteiger partial charge in [0.1, 0.15) is 0 Å². The van der Waals surface area contributed by atoms with Crippen molar-refractivity contribution in [1.29, 1.82) is 0 Å². The number of ether oxygens (including phenoxy) is 2. The average Bonchev–Trinajstić information content (AvgIpc) is 2.26. The summed E-state index contributed by atoms with van der Waals surface area (Å²) in [7, 11) is 0. The molecule has 0 bridgehead atoms. The van der Waals surface area contributed by atoms with Crippen molar-refractivity contribution in [1.82, 2.24) is 0 Å². The molecule has 0 aliphatic heterocycles. The molecule has 0 amide bonds. The zero-order valence-corrected chi connectivity index (χ0v) is 10.2. The minimum absolute atomic E-state index is 0.0306. The largest absolute Gasteiger partial charge is 0.466 e. The van der Waals surface area contributed by atoms with Gasteiger partial charge in [0.25, 0.3) is 5.67 Å². The fourth-order valence-electron chi connectivity index (χ4n) is 1.17. The third-order valence-corrected chi connectivity index (χ3v) is 2.14. The molecule has 5 nitrogen and oxygen atoms in total. The van der Waals surface area contributed by atoms with Gasteiger partial charge in [0.05, 0.1) is 13.2 Å². The van der Waals surface area contributed by atoms with Crippen LogP contribution in [0.3, 0.4) is 0 Å². The Hall–Kier alpha value is -1.46. The molecule has 0 heterocycles. The first kappa shape index (κ1) is 15.5. The lowest BCUT2D eigenvalue weighted by Gasteiger charge is -2.19. The lowest BCUT2D eigenvalue weighted by atomic mass is 9.95. The second-order valence-electron chi connectivity index (χ2n) is 3.38. The molecule has 1 atom stereocenters. The standard InChI is InChI=1S/C11H17FO5/c1-4-16-9(14)6-7-11(12,8(3)13)10(15)17-5-2/h4-7H2,1-3H3. The summed E-state index contributed by atoms with van der Waals surface area (Å²) in [6.45, 7) is 4.19. The van der Waals surface area contributed by atoms with Gasteiger partial charge in [-0.25, -0.2) is 9.18 Å². The molecule has 0 N–H and O–H groups in total. The van der Waals surface area contributed by atoms with Crippen LogP contribution < -0.4 is 0 Å². The number of alkyl halides is 1. The predicted molar refractivity (Wildman–Crippen MR) is 57.0 cm³/mol. The molecule has 0 saturated heterocycles. The van der Waals surface area contributed by atoms with E-state index < -0.39 is 29.8 Å². The summed E-state index contributed by atoms with van der Waals surface area (Å²) in [6.07, 6.45) is -0.900. The van der Waals surface area contributed by atoms with Crippen LogP contribution in [0.2, 0.25) is 0 Å². The quantitative estimate of drug-likeness (QED) is 0.500. The molecule has 1 unspecified atom stereocenters. The first-order valence-electron chi connectivity index (χ1n) is 5.41. The van der Waals surface area contributed by atoms with Gasteiger partial charge in [-0.1, -0.05) is 0 Å². The monoisotopic (exact) mass is 248 g/mol. The fourth-order valence-corrected chi connectivity index (χ4v) is 1.17. The number of carbonyl (C=O) groups is 3. The maximum Gasteiger partial charge on any atom is 0.351 e. The van der Waals surface area contributed by atoms with Crippen molar-refractivity contribution >= 4 is 17.7 Å². The van der Waals surface area contributed by atoms with Crippen molar-refractivity contribution in [2.24, 2.45) is 0 Å². The van der Waals surface area contributed by atoms with E-state index in [0.717, 1.165) is 6.92 Å². The normalized spacial score (nSPS) is 13.6. The zero-order valence-electron chi connectivity index (χ0n) is 10.2. The van der Waals surface area contributed by atoms with Crippen LogP contribution >= 0.6 is 0 Å². The molecule has 0 aliphatic rings. The maximum absolute atomic E-state index is 14.1. The van der Waals surface area contributed by atoms with Gasteiger partial charge in [0, 0.05) is 12.8 Å². The fraction of sp³-hybridized carbons (Fsp3) is 0.727. The van der Waals surface area contributed by atoms with Crippen molar-refractivity contribution in [3.8, 4) is 0 Å². The van der Waals surface area contributed by atoms with E-state index in [1.807, 2.05) is 0 Å². The summed E-state index contributed by atoms with van der Waals surface area (Å²) >= 11 is 0. The highest BCUT2D eigenvalue weighted by molar-refractivity contribution is 6.06. The van der Waals surface area contributed by atoms with Crippen molar-refractivity contribution in [3.05, 3.63) is 0 Å². The van der Waals surface area contributed by atoms with Crippen LogP contribution in [0, 0.1) is 0 Å². The van der Waals surface area contributed by atoms with Crippen molar-refractivity contribution in [3.63, 3.8) is 0 Å². The summed E-state index contributed by atoms with van der Waals surface area (Å²) < 4.78 is 23.1. The molecule has 6 heteroatoms. The summed E-state index contributed by atoms with van der Waals surface area (Å²) in [5, 5.41) is 0. The molecule has 0 radical (unpaired) electrons. The van der Waals surface area contributed by atoms with Crippen LogP contribution in [-0.4, -0.2) is 36.6 Å². The molecular weight excluding hydrogens is 231 g/mol. The smallest absolute Gasteiger partial charge is 0.351 e. The number of hydrogen-bond donors (Lipinski definition) is 0. The second kappa shape index (κ2) is 6.98. The molecule has 0 saturated carbocycles. The summed E-state index contributed by atoms with van der Waals surface area (Å²) in [5.41, 5.74) is -2.76. The molecule has 0 spiro atoms. The third-order valence-electron chi connectivity index (χ3n) is 2.14. The van der Waals surface area contributed by atoms with Crippen molar-refractivity contribution < 1.29 is 28.2 Å². The maximum atomic E-state index is 14.1. The molecule has 0 aromatic rings. The average molecular weight is 248 g/mol. The van der Waals surface area contributed by atoms with Crippen LogP contribution in [0.25, 0.3) is 0 Å². The van der Waals surface area contributed by atoms with E-state index in [1.165, 1.54) is 6.92 Å². The highest BCUT2D eigenvalue weighted by Crippen LogP contribution is 2.22. The summed E-state index contributed by atoms with van der Waals surface area (Å²) in [5.74, 6) is -2.88. The van der Waals surface area contributed by atoms with E-state index in [9.17, 15) is 18.8 Å². The Morgan fingerprint density at radius 2 is 1.65 bits per heavy atom. The van der Waals surface area contributed by atoms with Gasteiger partial charge in [-0.2, -0.15) is 0 Å². The van der Waals surface area contributed by atoms with Gasteiger partial charge in [-0.3, -0.25) is 9.59 Å². The highest BCUT2D eigenvalue weighted by atomic mass is 19.1. The van der Waals surface area contributed by atoms with E-state index in [0.29, 0.717) is 0 Å². The molecular formula is C11H17FO5. The predicted octanol–water partition coefficient (Wildman–Crippen LogP) is 1.19. The van der Waals surface area contributed by atoms with E-state index in [2.05, 4.69) is 9.47 Å². The van der Waals surface area contributed by atoms with E-state index >= 15 is 0 Å². The Morgan fingerprint density at radius 1 is 1.12 bits per heavy atom. The number of halogens is 1. The van der Waals surface area contributed by atoms with Crippen LogP contribution in [0.4, 0.5) is 4.39 Å². The van der Waals surface area contributed by atoms with Crippen LogP contribution in [0.5, 0.6) is 0 Å². The van der Waals surface area contributed by atoms with Crippen LogP contribution in [-0.2, 0) is 23.9 Å². The van der Waals surface area contributed by atoms with Gasteiger partial charge in [0.15, 0.2) is 5.78 Å². The summed E-state index contributed by atoms with van der Waals surface area (Å²) in [4.78, 5) is 33.5. The second-order valence-corrected chi connectivity index (χ2v) is 3.38. The Bertz CT molecular complexity index is 302. The Labute approximate surface area is 99.3 Å². The number of ketones is 1. The zero-order chi connectivity index (χ0) is 13.5. The van der Waals surface area contributed by atoms with Gasteiger partial charge in [0.2, 0.25) is 0 Å². The number of rotatable bonds is 7. The minimum atomic E-state index is -2.76. The first-order chi connectivity index (χ1) is 7.88. The number of carbonyl (C=O) groups excluding carboxylic acids is 3. The lowest BCUT2D eigenvalue weighted by Crippen LogP contribution is -2.42. The Kier molecular flexibility index (Phi) is 6.38. The molecule has 0 aromatic carbocycles. The van der Waals surface area contributed by atoms with E-state index in [1.54, 1.807) is 6.92 Å². The highest BCUT2D eigenvalue weighted by Gasteiger charge is 2.45. The number of hydrogen-bond acceptors (Lipinski definition) is 5. The van der Waals surface area contributed by atoms with Gasteiger partial charge >= 0.3 is 11.9 Å². The molecule has 0 fully saturated rings. The number of Topliss-reactive ketones (excluding diaryl/α,β-unsaturated/α-hetero) is 1. The third kappa shape index (κ3) is 4.50. The van der Waals surface area contributed by atoms with E-state index in [-0.39, 0.29) is 19.6 Å². The Balaban J connectivity index is 4.57. The SMILES string of the molecule is CCOC(=O)CCC(F)(C(C)=O)C(=O)OCC. The summed E-state index contributed by atoms with van der Waals surface area (Å²) in [6, 6.07) is 0. The molecule has 0 aliphatic carbocycles. The van der Waals surface area contributed by atoms with Crippen molar-refractivity contribution in [2.75, 3.05) is 13.2 Å². The van der Waals surface area contributed by atoms with Gasteiger partial charge in [-0.05, 0) is 20.8 Å².